The Bertz CT molecular complexity index is 427. The smallest absolute Gasteiger partial charge is 0.187 e. The molecule has 0 spiro atoms. The third-order valence-electron chi connectivity index (χ3n) is 2.82. The lowest BCUT2D eigenvalue weighted by molar-refractivity contribution is 0.240. The summed E-state index contributed by atoms with van der Waals surface area (Å²) in [5.41, 5.74) is 0.514. The Kier molecular flexibility index (Phi) is 4.56. The molecule has 0 aliphatic rings. The number of benzene rings is 1. The number of nitrogens with one attached hydrogen (secondary N) is 1. The lowest BCUT2D eigenvalue weighted by atomic mass is 9.82. The predicted octanol–water partition coefficient (Wildman–Crippen LogP) is 3.97. The van der Waals surface area contributed by atoms with E-state index in [-0.39, 0.29) is 11.0 Å². The molecule has 0 aromatic heterocycles. The van der Waals surface area contributed by atoms with Crippen LogP contribution in [-0.4, -0.2) is 10.6 Å². The van der Waals surface area contributed by atoms with Crippen molar-refractivity contribution in [2.45, 2.75) is 53.1 Å². The monoisotopic (exact) mass is 271 g/mol. The largest absolute Gasteiger partial charge is 0.503 e. The van der Waals surface area contributed by atoms with Crippen LogP contribution in [0.1, 0.15) is 46.6 Å². The number of phenols is 1. The van der Waals surface area contributed by atoms with E-state index in [0.717, 1.165) is 18.6 Å². The zero-order chi connectivity index (χ0) is 14.8. The molecule has 0 saturated heterocycles. The third-order valence-corrected chi connectivity index (χ3v) is 2.82. The predicted molar refractivity (Wildman–Crippen MR) is 73.0 cm³/mol. The summed E-state index contributed by atoms with van der Waals surface area (Å²) < 4.78 is 26.4. The highest BCUT2D eigenvalue weighted by molar-refractivity contribution is 5.30. The molecule has 0 saturated carbocycles. The van der Waals surface area contributed by atoms with Gasteiger partial charge in [0.1, 0.15) is 0 Å². The van der Waals surface area contributed by atoms with Crippen molar-refractivity contribution in [3.8, 4) is 5.75 Å². The Morgan fingerprint density at radius 2 is 1.53 bits per heavy atom. The average molecular weight is 271 g/mol. The van der Waals surface area contributed by atoms with Crippen LogP contribution in [0.3, 0.4) is 0 Å². The second kappa shape index (κ2) is 5.45. The second-order valence-electron chi connectivity index (χ2n) is 6.88. The number of hydrogen-bond donors (Lipinski definition) is 2. The highest BCUT2D eigenvalue weighted by Gasteiger charge is 2.24. The van der Waals surface area contributed by atoms with E-state index in [0.29, 0.717) is 12.1 Å². The molecular weight excluding hydrogens is 248 g/mol. The highest BCUT2D eigenvalue weighted by Crippen LogP contribution is 2.27. The van der Waals surface area contributed by atoms with E-state index in [9.17, 15) is 8.78 Å². The molecule has 0 atom stereocenters. The van der Waals surface area contributed by atoms with Gasteiger partial charge in [0.25, 0.3) is 0 Å². The summed E-state index contributed by atoms with van der Waals surface area (Å²) >= 11 is 0. The van der Waals surface area contributed by atoms with Gasteiger partial charge in [-0.25, -0.2) is 8.78 Å². The average Bonchev–Trinajstić information content (AvgIpc) is 2.19. The van der Waals surface area contributed by atoms with Crippen LogP contribution in [-0.2, 0) is 6.54 Å². The molecule has 0 aliphatic carbocycles. The van der Waals surface area contributed by atoms with Crippen LogP contribution in [0.5, 0.6) is 5.75 Å². The zero-order valence-corrected chi connectivity index (χ0v) is 12.3. The van der Waals surface area contributed by atoms with Gasteiger partial charge in [-0.1, -0.05) is 20.8 Å². The van der Waals surface area contributed by atoms with Gasteiger partial charge in [-0.15, -0.1) is 0 Å². The zero-order valence-electron chi connectivity index (χ0n) is 12.3. The lowest BCUT2D eigenvalue weighted by Gasteiger charge is -2.33. The van der Waals surface area contributed by atoms with E-state index in [4.69, 9.17) is 5.11 Å². The van der Waals surface area contributed by atoms with Gasteiger partial charge in [0.2, 0.25) is 0 Å². The minimum atomic E-state index is -0.926. The van der Waals surface area contributed by atoms with Gasteiger partial charge >= 0.3 is 0 Å². The van der Waals surface area contributed by atoms with Crippen molar-refractivity contribution in [2.75, 3.05) is 0 Å². The van der Waals surface area contributed by atoms with E-state index >= 15 is 0 Å². The van der Waals surface area contributed by atoms with E-state index in [1.54, 1.807) is 0 Å². The molecule has 0 aliphatic heterocycles. The maximum atomic E-state index is 13.2. The fraction of sp³-hybridized carbons (Fsp3) is 0.600. The normalized spacial score (nSPS) is 12.8. The summed E-state index contributed by atoms with van der Waals surface area (Å²) in [5.74, 6) is -2.77. The molecule has 0 radical (unpaired) electrons. The number of halogens is 2. The van der Waals surface area contributed by atoms with Crippen molar-refractivity contribution in [1.82, 2.24) is 5.32 Å². The molecular formula is C15H23F2NO. The molecule has 0 amide bonds. The molecule has 4 heteroatoms. The van der Waals surface area contributed by atoms with Gasteiger partial charge in [0.15, 0.2) is 17.4 Å². The van der Waals surface area contributed by atoms with Crippen molar-refractivity contribution in [1.29, 1.82) is 0 Å². The van der Waals surface area contributed by atoms with Crippen LogP contribution in [0, 0.1) is 17.0 Å². The SMILES string of the molecule is CC(C)(C)CC(C)(C)NCc1cc(F)c(O)c(F)c1. The summed E-state index contributed by atoms with van der Waals surface area (Å²) in [4.78, 5) is 0. The number of hydrogen-bond acceptors (Lipinski definition) is 2. The maximum Gasteiger partial charge on any atom is 0.187 e. The Labute approximate surface area is 113 Å². The van der Waals surface area contributed by atoms with Gasteiger partial charge in [-0.05, 0) is 43.4 Å². The first-order valence-electron chi connectivity index (χ1n) is 6.42. The van der Waals surface area contributed by atoms with Gasteiger partial charge in [0, 0.05) is 12.1 Å². The third kappa shape index (κ3) is 5.15. The lowest BCUT2D eigenvalue weighted by Crippen LogP contribution is -2.41. The minimum absolute atomic E-state index is 0.136. The fourth-order valence-electron chi connectivity index (χ4n) is 2.45. The summed E-state index contributed by atoms with van der Waals surface area (Å²) in [6.07, 6.45) is 0.934. The first-order valence-corrected chi connectivity index (χ1v) is 6.42. The maximum absolute atomic E-state index is 13.2. The molecule has 108 valence electrons. The van der Waals surface area contributed by atoms with Crippen LogP contribution in [0.15, 0.2) is 12.1 Å². The highest BCUT2D eigenvalue weighted by atomic mass is 19.1. The molecule has 19 heavy (non-hydrogen) atoms. The van der Waals surface area contributed by atoms with Gasteiger partial charge in [-0.2, -0.15) is 0 Å². The van der Waals surface area contributed by atoms with Crippen LogP contribution < -0.4 is 5.32 Å². The van der Waals surface area contributed by atoms with Crippen molar-refractivity contribution in [3.63, 3.8) is 0 Å². The number of rotatable bonds is 4. The Morgan fingerprint density at radius 1 is 1.05 bits per heavy atom. The van der Waals surface area contributed by atoms with E-state index in [1.807, 2.05) is 0 Å². The Balaban J connectivity index is 2.72. The van der Waals surface area contributed by atoms with Gasteiger partial charge in [-0.3, -0.25) is 0 Å². The molecule has 1 aromatic rings. The molecule has 0 heterocycles. The number of phenolic OH excluding ortho intramolecular Hbond substituents is 1. The molecule has 1 rings (SSSR count). The molecule has 2 nitrogen and oxygen atoms in total. The number of aromatic hydroxyl groups is 1. The van der Waals surface area contributed by atoms with Crippen molar-refractivity contribution in [3.05, 3.63) is 29.3 Å². The van der Waals surface area contributed by atoms with Gasteiger partial charge in [0.05, 0.1) is 0 Å². The van der Waals surface area contributed by atoms with Crippen LogP contribution in [0.2, 0.25) is 0 Å². The summed E-state index contributed by atoms with van der Waals surface area (Å²) in [7, 11) is 0. The van der Waals surface area contributed by atoms with Crippen molar-refractivity contribution < 1.29 is 13.9 Å². The molecule has 0 bridgehead atoms. The quantitative estimate of drug-likeness (QED) is 0.868. The Hall–Kier alpha value is -1.16. The second-order valence-corrected chi connectivity index (χ2v) is 6.88. The fourth-order valence-corrected chi connectivity index (χ4v) is 2.45. The molecule has 0 unspecified atom stereocenters. The van der Waals surface area contributed by atoms with Crippen LogP contribution >= 0.6 is 0 Å². The summed E-state index contributed by atoms with van der Waals surface area (Å²) in [6.45, 7) is 10.9. The standard InChI is InChI=1S/C15H23F2NO/c1-14(2,3)9-15(4,5)18-8-10-6-11(16)13(19)12(17)7-10/h6-7,18-19H,8-9H2,1-5H3. The van der Waals surface area contributed by atoms with E-state index < -0.39 is 17.4 Å². The first kappa shape index (κ1) is 15.9. The van der Waals surface area contributed by atoms with Crippen LogP contribution in [0.25, 0.3) is 0 Å². The topological polar surface area (TPSA) is 32.3 Å². The summed E-state index contributed by atoms with van der Waals surface area (Å²) in [6, 6.07) is 2.30. The molecule has 2 N–H and O–H groups in total. The molecule has 0 fully saturated rings. The van der Waals surface area contributed by atoms with Gasteiger partial charge < -0.3 is 10.4 Å². The van der Waals surface area contributed by atoms with Crippen molar-refractivity contribution >= 4 is 0 Å². The van der Waals surface area contributed by atoms with E-state index in [1.165, 1.54) is 0 Å². The molecule has 1 aromatic carbocycles. The minimum Gasteiger partial charge on any atom is -0.503 e. The summed E-state index contributed by atoms with van der Waals surface area (Å²) in [5, 5.41) is 12.3. The van der Waals surface area contributed by atoms with E-state index in [2.05, 4.69) is 39.9 Å². The van der Waals surface area contributed by atoms with Crippen LogP contribution in [0.4, 0.5) is 8.78 Å². The first-order chi connectivity index (χ1) is 8.50. The Morgan fingerprint density at radius 3 is 1.95 bits per heavy atom. The van der Waals surface area contributed by atoms with Crippen molar-refractivity contribution in [2.24, 2.45) is 5.41 Å².